The van der Waals surface area contributed by atoms with E-state index < -0.39 is 0 Å². The highest BCUT2D eigenvalue weighted by Gasteiger charge is 2.16. The van der Waals surface area contributed by atoms with Gasteiger partial charge in [0.2, 0.25) is 0 Å². The molecule has 2 aromatic rings. The summed E-state index contributed by atoms with van der Waals surface area (Å²) in [5.74, 6) is 0.240. The third-order valence-electron chi connectivity index (χ3n) is 2.72. The molecule has 0 aliphatic rings. The van der Waals surface area contributed by atoms with Crippen molar-refractivity contribution in [2.24, 2.45) is 5.73 Å². The van der Waals surface area contributed by atoms with Crippen LogP contribution in [0.3, 0.4) is 0 Å². The molecule has 0 saturated heterocycles. The van der Waals surface area contributed by atoms with Crippen molar-refractivity contribution in [1.82, 2.24) is 4.98 Å². The molecule has 0 amide bonds. The summed E-state index contributed by atoms with van der Waals surface area (Å²) < 4.78 is 13.9. The van der Waals surface area contributed by atoms with Gasteiger partial charge in [-0.15, -0.1) is 0 Å². The second kappa shape index (κ2) is 6.50. The molecule has 0 aliphatic heterocycles. The molecule has 2 N–H and O–H groups in total. The minimum atomic E-state index is -0.304. The topological polar surface area (TPSA) is 42.1 Å². The van der Waals surface area contributed by atoms with E-state index in [-0.39, 0.29) is 5.82 Å². The van der Waals surface area contributed by atoms with Crippen LogP contribution in [0.15, 0.2) is 42.6 Å². The Balaban J connectivity index is 2.42. The Hall–Kier alpha value is -1.65. The quantitative estimate of drug-likeness (QED) is 0.912. The molecule has 1 aromatic carbocycles. The molecule has 0 atom stereocenters. The van der Waals surface area contributed by atoms with E-state index >= 15 is 0 Å². The second-order valence-corrected chi connectivity index (χ2v) is 4.46. The van der Waals surface area contributed by atoms with Crippen LogP contribution in [0.2, 0.25) is 5.02 Å². The van der Waals surface area contributed by atoms with Crippen molar-refractivity contribution in [2.45, 2.75) is 6.42 Å². The molecule has 1 heterocycles. The van der Waals surface area contributed by atoms with Crippen LogP contribution < -0.4 is 10.6 Å². The van der Waals surface area contributed by atoms with Gasteiger partial charge in [-0.3, -0.25) is 0 Å². The minimum absolute atomic E-state index is 0.304. The van der Waals surface area contributed by atoms with Crippen molar-refractivity contribution in [3.05, 3.63) is 53.4 Å². The number of halogens is 2. The molecule has 0 fully saturated rings. The first kappa shape index (κ1) is 13.8. The third-order valence-corrected chi connectivity index (χ3v) is 3.02. The molecule has 0 radical (unpaired) electrons. The molecule has 2 rings (SSSR count). The highest BCUT2D eigenvalue weighted by molar-refractivity contribution is 6.33. The Labute approximate surface area is 116 Å². The number of hydrogen-bond acceptors (Lipinski definition) is 3. The van der Waals surface area contributed by atoms with Gasteiger partial charge in [-0.1, -0.05) is 23.7 Å². The normalized spacial score (nSPS) is 10.5. The summed E-state index contributed by atoms with van der Waals surface area (Å²) in [6.45, 7) is 1.09. The lowest BCUT2D eigenvalue weighted by Crippen LogP contribution is -2.23. The molecule has 0 aliphatic carbocycles. The lowest BCUT2D eigenvalue weighted by Gasteiger charge is -2.24. The van der Waals surface area contributed by atoms with Crippen LogP contribution in [0.25, 0.3) is 0 Å². The van der Waals surface area contributed by atoms with Crippen molar-refractivity contribution >= 4 is 23.1 Å². The number of hydrogen-bond donors (Lipinski definition) is 1. The highest BCUT2D eigenvalue weighted by atomic mass is 35.5. The van der Waals surface area contributed by atoms with Gasteiger partial charge in [-0.2, -0.15) is 0 Å². The molecule has 100 valence electrons. The average molecular weight is 280 g/mol. The van der Waals surface area contributed by atoms with Gasteiger partial charge in [0.25, 0.3) is 0 Å². The van der Waals surface area contributed by atoms with E-state index in [0.717, 1.165) is 6.42 Å². The Morgan fingerprint density at radius 1 is 1.21 bits per heavy atom. The smallest absolute Gasteiger partial charge is 0.151 e. The molecule has 19 heavy (non-hydrogen) atoms. The van der Waals surface area contributed by atoms with Crippen LogP contribution in [-0.4, -0.2) is 18.1 Å². The Bertz CT molecular complexity index is 502. The van der Waals surface area contributed by atoms with Crippen LogP contribution in [0.5, 0.6) is 0 Å². The highest BCUT2D eigenvalue weighted by Crippen LogP contribution is 2.31. The summed E-state index contributed by atoms with van der Waals surface area (Å²) in [7, 11) is 0. The van der Waals surface area contributed by atoms with Gasteiger partial charge in [0.1, 0.15) is 5.82 Å². The van der Waals surface area contributed by atoms with Gasteiger partial charge in [0.05, 0.1) is 10.7 Å². The summed E-state index contributed by atoms with van der Waals surface area (Å²) in [4.78, 5) is 5.99. The summed E-state index contributed by atoms with van der Waals surface area (Å²) in [6.07, 6.45) is 2.36. The monoisotopic (exact) mass is 279 g/mol. The fourth-order valence-electron chi connectivity index (χ4n) is 1.84. The Morgan fingerprint density at radius 3 is 2.68 bits per heavy atom. The minimum Gasteiger partial charge on any atom is -0.330 e. The van der Waals surface area contributed by atoms with E-state index in [1.165, 1.54) is 6.07 Å². The van der Waals surface area contributed by atoms with Crippen LogP contribution >= 0.6 is 11.6 Å². The van der Waals surface area contributed by atoms with E-state index in [1.807, 2.05) is 0 Å². The number of nitrogens with zero attached hydrogens (tertiary/aromatic N) is 2. The fraction of sp³-hybridized carbons (Fsp3) is 0.214. The summed E-state index contributed by atoms with van der Waals surface area (Å²) in [5, 5.41) is 0.489. The zero-order valence-corrected chi connectivity index (χ0v) is 11.1. The molecule has 0 saturated carbocycles. The predicted molar refractivity (Wildman–Crippen MR) is 76.3 cm³/mol. The number of pyridine rings is 1. The van der Waals surface area contributed by atoms with E-state index in [4.69, 9.17) is 17.3 Å². The molecule has 0 bridgehead atoms. The number of nitrogens with two attached hydrogens (primary N) is 1. The fourth-order valence-corrected chi connectivity index (χ4v) is 2.06. The maximum absolute atomic E-state index is 13.9. The summed E-state index contributed by atoms with van der Waals surface area (Å²) >= 11 is 6.14. The zero-order chi connectivity index (χ0) is 13.7. The predicted octanol–water partition coefficient (Wildman–Crippen LogP) is 3.36. The van der Waals surface area contributed by atoms with E-state index in [0.29, 0.717) is 29.6 Å². The van der Waals surface area contributed by atoms with Crippen LogP contribution in [0.1, 0.15) is 6.42 Å². The molecule has 1 aromatic heterocycles. The maximum Gasteiger partial charge on any atom is 0.151 e. The second-order valence-electron chi connectivity index (χ2n) is 4.05. The number of para-hydroxylation sites is 1. The SMILES string of the molecule is NCCCN(c1ccccc1F)c1ncccc1Cl. The van der Waals surface area contributed by atoms with Crippen LogP contribution in [0, 0.1) is 5.82 Å². The third kappa shape index (κ3) is 3.22. The van der Waals surface area contributed by atoms with Gasteiger partial charge in [0.15, 0.2) is 5.82 Å². The zero-order valence-electron chi connectivity index (χ0n) is 10.4. The van der Waals surface area contributed by atoms with Gasteiger partial charge >= 0.3 is 0 Å². The van der Waals surface area contributed by atoms with Crippen molar-refractivity contribution < 1.29 is 4.39 Å². The van der Waals surface area contributed by atoms with E-state index in [2.05, 4.69) is 4.98 Å². The Kier molecular flexibility index (Phi) is 4.71. The average Bonchev–Trinajstić information content (AvgIpc) is 2.42. The molecule has 3 nitrogen and oxygen atoms in total. The number of aromatic nitrogens is 1. The van der Waals surface area contributed by atoms with Gasteiger partial charge in [0, 0.05) is 12.7 Å². The molecule has 0 unspecified atom stereocenters. The molecular formula is C14H15ClFN3. The lowest BCUT2D eigenvalue weighted by molar-refractivity contribution is 0.623. The molecular weight excluding hydrogens is 265 g/mol. The van der Waals surface area contributed by atoms with Crippen molar-refractivity contribution in [1.29, 1.82) is 0 Å². The number of benzene rings is 1. The largest absolute Gasteiger partial charge is 0.330 e. The first-order chi connectivity index (χ1) is 9.24. The number of anilines is 2. The van der Waals surface area contributed by atoms with Crippen molar-refractivity contribution in [3.63, 3.8) is 0 Å². The first-order valence-corrected chi connectivity index (χ1v) is 6.44. The molecule has 5 heteroatoms. The maximum atomic E-state index is 13.9. The van der Waals surface area contributed by atoms with E-state index in [1.54, 1.807) is 41.4 Å². The van der Waals surface area contributed by atoms with E-state index in [9.17, 15) is 4.39 Å². The Morgan fingerprint density at radius 2 is 2.00 bits per heavy atom. The van der Waals surface area contributed by atoms with Crippen molar-refractivity contribution in [2.75, 3.05) is 18.0 Å². The van der Waals surface area contributed by atoms with Gasteiger partial charge in [-0.25, -0.2) is 9.37 Å². The molecule has 0 spiro atoms. The van der Waals surface area contributed by atoms with Gasteiger partial charge < -0.3 is 10.6 Å². The number of rotatable bonds is 5. The first-order valence-electron chi connectivity index (χ1n) is 6.06. The van der Waals surface area contributed by atoms with Crippen molar-refractivity contribution in [3.8, 4) is 0 Å². The standard InChI is InChI=1S/C14H15ClFN3/c15-11-5-3-9-18-14(11)19(10-4-8-17)13-7-2-1-6-12(13)16/h1-3,5-7,9H,4,8,10,17H2. The summed E-state index contributed by atoms with van der Waals surface area (Å²) in [5.41, 5.74) is 5.99. The summed E-state index contributed by atoms with van der Waals surface area (Å²) in [6, 6.07) is 10.0. The lowest BCUT2D eigenvalue weighted by atomic mass is 10.2. The van der Waals surface area contributed by atoms with Crippen LogP contribution in [-0.2, 0) is 0 Å². The van der Waals surface area contributed by atoms with Crippen LogP contribution in [0.4, 0.5) is 15.9 Å². The van der Waals surface area contributed by atoms with Gasteiger partial charge in [-0.05, 0) is 37.2 Å².